The normalized spacial score (nSPS) is 13.4. The van der Waals surface area contributed by atoms with Gasteiger partial charge >= 0.3 is 0 Å². The minimum atomic E-state index is -0.702. The van der Waals surface area contributed by atoms with Crippen LogP contribution in [0.15, 0.2) is 42.5 Å². The van der Waals surface area contributed by atoms with Crippen molar-refractivity contribution in [1.29, 1.82) is 0 Å². The van der Waals surface area contributed by atoms with Gasteiger partial charge in [-0.05, 0) is 48.4 Å². The van der Waals surface area contributed by atoms with E-state index >= 15 is 0 Å². The molecule has 2 aromatic rings. The first kappa shape index (κ1) is 17.4. The Morgan fingerprint density at radius 2 is 1.96 bits per heavy atom. The molecular formula is C18H18ClNO5. The molecule has 0 spiro atoms. The Morgan fingerprint density at radius 1 is 1.20 bits per heavy atom. The summed E-state index contributed by atoms with van der Waals surface area (Å²) in [5, 5.41) is 13.5. The summed E-state index contributed by atoms with van der Waals surface area (Å²) in [5.41, 5.74) is 0.718. The molecule has 1 amide bonds. The Morgan fingerprint density at radius 3 is 2.76 bits per heavy atom. The molecule has 1 unspecified atom stereocenters. The van der Waals surface area contributed by atoms with Gasteiger partial charge in [0.05, 0.1) is 6.10 Å². The van der Waals surface area contributed by atoms with E-state index in [0.717, 1.165) is 5.56 Å². The Hall–Kier alpha value is -2.44. The number of aliphatic hydroxyl groups excluding tert-OH is 1. The number of aliphatic hydroxyl groups is 1. The summed E-state index contributed by atoms with van der Waals surface area (Å²) in [5.74, 6) is 1.60. The summed E-state index contributed by atoms with van der Waals surface area (Å²) >= 11 is 5.78. The molecule has 132 valence electrons. The maximum atomic E-state index is 11.8. The molecule has 7 heteroatoms. The van der Waals surface area contributed by atoms with Crippen LogP contribution in [-0.4, -0.2) is 31.0 Å². The lowest BCUT2D eigenvalue weighted by Crippen LogP contribution is -2.30. The minimum Gasteiger partial charge on any atom is -0.484 e. The van der Waals surface area contributed by atoms with E-state index in [2.05, 4.69) is 5.32 Å². The Labute approximate surface area is 150 Å². The lowest BCUT2D eigenvalue weighted by atomic mass is 10.1. The van der Waals surface area contributed by atoms with Crippen molar-refractivity contribution >= 4 is 17.5 Å². The standard InChI is InChI=1S/C18H18ClNO5/c19-13-2-4-14(5-3-13)23-10-18(22)20-8-7-15(21)12-1-6-16-17(9-12)25-11-24-16/h1-6,9,15,21H,7-8,10-11H2,(H,20,22). The number of rotatable bonds is 7. The van der Waals surface area contributed by atoms with E-state index in [9.17, 15) is 9.90 Å². The van der Waals surface area contributed by atoms with Crippen molar-refractivity contribution in [3.63, 3.8) is 0 Å². The highest BCUT2D eigenvalue weighted by atomic mass is 35.5. The van der Waals surface area contributed by atoms with Crippen molar-refractivity contribution < 1.29 is 24.1 Å². The topological polar surface area (TPSA) is 77.0 Å². The minimum absolute atomic E-state index is 0.0955. The number of carbonyl (C=O) groups is 1. The number of amides is 1. The average molecular weight is 364 g/mol. The molecule has 1 atom stereocenters. The number of benzene rings is 2. The zero-order valence-corrected chi connectivity index (χ0v) is 14.2. The predicted molar refractivity (Wildman–Crippen MR) is 92.1 cm³/mol. The molecule has 1 aliphatic rings. The highest BCUT2D eigenvalue weighted by Gasteiger charge is 2.16. The number of carbonyl (C=O) groups excluding carboxylic acids is 1. The van der Waals surface area contributed by atoms with Crippen molar-refractivity contribution in [1.82, 2.24) is 5.32 Å². The van der Waals surface area contributed by atoms with Crippen LogP contribution in [0.25, 0.3) is 0 Å². The number of hydrogen-bond acceptors (Lipinski definition) is 5. The second-order valence-corrected chi connectivity index (χ2v) is 5.95. The molecular weight excluding hydrogens is 346 g/mol. The third-order valence-electron chi connectivity index (χ3n) is 3.70. The van der Waals surface area contributed by atoms with Crippen LogP contribution in [0.2, 0.25) is 5.02 Å². The van der Waals surface area contributed by atoms with Crippen molar-refractivity contribution in [3.8, 4) is 17.2 Å². The summed E-state index contributed by atoms with van der Waals surface area (Å²) in [4.78, 5) is 11.8. The SMILES string of the molecule is O=C(COc1ccc(Cl)cc1)NCCC(O)c1ccc2c(c1)OCO2. The van der Waals surface area contributed by atoms with E-state index in [1.54, 1.807) is 42.5 Å². The average Bonchev–Trinajstić information content (AvgIpc) is 3.09. The van der Waals surface area contributed by atoms with Gasteiger partial charge in [-0.2, -0.15) is 0 Å². The Kier molecular flexibility index (Phi) is 5.63. The van der Waals surface area contributed by atoms with Crippen LogP contribution in [-0.2, 0) is 4.79 Å². The Bertz CT molecular complexity index is 735. The summed E-state index contributed by atoms with van der Waals surface area (Å²) in [7, 11) is 0. The third kappa shape index (κ3) is 4.78. The van der Waals surface area contributed by atoms with E-state index in [1.807, 2.05) is 0 Å². The molecule has 3 rings (SSSR count). The third-order valence-corrected chi connectivity index (χ3v) is 3.96. The molecule has 2 aromatic carbocycles. The highest BCUT2D eigenvalue weighted by Crippen LogP contribution is 2.34. The molecule has 0 saturated carbocycles. The van der Waals surface area contributed by atoms with E-state index in [4.69, 9.17) is 25.8 Å². The number of ether oxygens (including phenoxy) is 3. The second-order valence-electron chi connectivity index (χ2n) is 5.51. The van der Waals surface area contributed by atoms with Gasteiger partial charge in [0.1, 0.15) is 5.75 Å². The van der Waals surface area contributed by atoms with E-state index in [0.29, 0.717) is 35.2 Å². The van der Waals surface area contributed by atoms with Crippen molar-refractivity contribution in [2.24, 2.45) is 0 Å². The summed E-state index contributed by atoms with van der Waals surface area (Å²) in [6, 6.07) is 12.1. The maximum Gasteiger partial charge on any atom is 0.257 e. The molecule has 0 fully saturated rings. The van der Waals surface area contributed by atoms with E-state index in [1.165, 1.54) is 0 Å². The zero-order chi connectivity index (χ0) is 17.6. The largest absolute Gasteiger partial charge is 0.484 e. The smallest absolute Gasteiger partial charge is 0.257 e. The van der Waals surface area contributed by atoms with Crippen LogP contribution >= 0.6 is 11.6 Å². The molecule has 0 radical (unpaired) electrons. The van der Waals surface area contributed by atoms with Crippen LogP contribution in [0, 0.1) is 0 Å². The molecule has 1 aliphatic heterocycles. The second kappa shape index (κ2) is 8.09. The summed E-state index contributed by atoms with van der Waals surface area (Å²) in [6.45, 7) is 0.429. The van der Waals surface area contributed by atoms with Gasteiger partial charge < -0.3 is 24.6 Å². The van der Waals surface area contributed by atoms with Crippen LogP contribution in [0.3, 0.4) is 0 Å². The fourth-order valence-corrected chi connectivity index (χ4v) is 2.49. The van der Waals surface area contributed by atoms with Crippen molar-refractivity contribution in [2.75, 3.05) is 19.9 Å². The molecule has 0 aliphatic carbocycles. The fourth-order valence-electron chi connectivity index (χ4n) is 2.37. The fraction of sp³-hybridized carbons (Fsp3) is 0.278. The quantitative estimate of drug-likeness (QED) is 0.791. The zero-order valence-electron chi connectivity index (χ0n) is 13.4. The van der Waals surface area contributed by atoms with Crippen molar-refractivity contribution in [2.45, 2.75) is 12.5 Å². The van der Waals surface area contributed by atoms with Gasteiger partial charge in [0, 0.05) is 11.6 Å². The predicted octanol–water partition coefficient (Wildman–Crippen LogP) is 2.69. The van der Waals surface area contributed by atoms with Crippen LogP contribution in [0.5, 0.6) is 17.2 Å². The molecule has 0 bridgehead atoms. The molecule has 0 aromatic heterocycles. The van der Waals surface area contributed by atoms with Gasteiger partial charge in [-0.15, -0.1) is 0 Å². The lowest BCUT2D eigenvalue weighted by Gasteiger charge is -2.12. The molecule has 1 heterocycles. The van der Waals surface area contributed by atoms with Crippen LogP contribution in [0.1, 0.15) is 18.1 Å². The van der Waals surface area contributed by atoms with Crippen molar-refractivity contribution in [3.05, 3.63) is 53.1 Å². The molecule has 0 saturated heterocycles. The van der Waals surface area contributed by atoms with Crippen LogP contribution in [0.4, 0.5) is 0 Å². The lowest BCUT2D eigenvalue weighted by molar-refractivity contribution is -0.123. The van der Waals surface area contributed by atoms with Gasteiger partial charge in [0.15, 0.2) is 18.1 Å². The first-order valence-electron chi connectivity index (χ1n) is 7.84. The van der Waals surface area contributed by atoms with E-state index < -0.39 is 6.10 Å². The van der Waals surface area contributed by atoms with Gasteiger partial charge in [-0.25, -0.2) is 0 Å². The van der Waals surface area contributed by atoms with E-state index in [-0.39, 0.29) is 19.3 Å². The number of hydrogen-bond donors (Lipinski definition) is 2. The van der Waals surface area contributed by atoms with Gasteiger partial charge in [-0.3, -0.25) is 4.79 Å². The first-order valence-corrected chi connectivity index (χ1v) is 8.22. The van der Waals surface area contributed by atoms with Gasteiger partial charge in [-0.1, -0.05) is 17.7 Å². The van der Waals surface area contributed by atoms with Crippen LogP contribution < -0.4 is 19.5 Å². The number of nitrogens with one attached hydrogen (secondary N) is 1. The number of halogens is 1. The van der Waals surface area contributed by atoms with Gasteiger partial charge in [0.2, 0.25) is 6.79 Å². The summed E-state index contributed by atoms with van der Waals surface area (Å²) < 4.78 is 15.9. The first-order chi connectivity index (χ1) is 12.1. The molecule has 25 heavy (non-hydrogen) atoms. The van der Waals surface area contributed by atoms with Gasteiger partial charge in [0.25, 0.3) is 5.91 Å². The Balaban J connectivity index is 1.39. The summed E-state index contributed by atoms with van der Waals surface area (Å²) in [6.07, 6.45) is -0.321. The molecule has 2 N–H and O–H groups in total. The number of fused-ring (bicyclic) bond motifs is 1. The highest BCUT2D eigenvalue weighted by molar-refractivity contribution is 6.30. The maximum absolute atomic E-state index is 11.8. The molecule has 6 nitrogen and oxygen atoms in total. The monoisotopic (exact) mass is 363 g/mol.